The zero-order valence-corrected chi connectivity index (χ0v) is 26.0. The van der Waals surface area contributed by atoms with Crippen molar-refractivity contribution in [2.75, 3.05) is 13.7 Å². The van der Waals surface area contributed by atoms with E-state index in [4.69, 9.17) is 18.9 Å². The summed E-state index contributed by atoms with van der Waals surface area (Å²) >= 11 is 0. The highest BCUT2D eigenvalue weighted by Crippen LogP contribution is 2.69. The number of fused-ring (bicyclic) bond motifs is 8. The summed E-state index contributed by atoms with van der Waals surface area (Å²) in [6.07, 6.45) is 10.6. The molecule has 0 bridgehead atoms. The lowest BCUT2D eigenvalue weighted by molar-refractivity contribution is -0.272. The van der Waals surface area contributed by atoms with Crippen LogP contribution in [0.3, 0.4) is 0 Å². The van der Waals surface area contributed by atoms with Gasteiger partial charge in [0.15, 0.2) is 5.79 Å². The van der Waals surface area contributed by atoms with Crippen LogP contribution in [-0.4, -0.2) is 36.6 Å². The first-order valence-electron chi connectivity index (χ1n) is 16.6. The van der Waals surface area contributed by atoms with E-state index >= 15 is 0 Å². The minimum absolute atomic E-state index is 0.225. The number of benzene rings is 2. The minimum atomic E-state index is -0.346. The molecule has 6 heteroatoms. The molecule has 5 aliphatic rings. The molecule has 1 N–H and O–H groups in total. The van der Waals surface area contributed by atoms with Gasteiger partial charge in [0.05, 0.1) is 26.2 Å². The van der Waals surface area contributed by atoms with Crippen molar-refractivity contribution < 1.29 is 23.7 Å². The van der Waals surface area contributed by atoms with E-state index in [-0.39, 0.29) is 18.2 Å². The smallest absolute Gasteiger partial charge is 0.315 e. The second-order valence-corrected chi connectivity index (χ2v) is 14.7. The predicted octanol–water partition coefficient (Wildman–Crippen LogP) is 7.58. The topological polar surface area (TPSA) is 69.8 Å². The van der Waals surface area contributed by atoms with Gasteiger partial charge in [-0.3, -0.25) is 4.79 Å². The number of hydrogen-bond donors (Lipinski definition) is 1. The molecule has 2 saturated carbocycles. The van der Waals surface area contributed by atoms with Gasteiger partial charge < -0.3 is 23.9 Å². The number of aromatic amines is 1. The third-order valence-corrected chi connectivity index (χ3v) is 12.5. The molecule has 0 amide bonds. The molecule has 1 spiro atoms. The molecular weight excluding hydrogens is 538 g/mol. The summed E-state index contributed by atoms with van der Waals surface area (Å²) in [5.41, 5.74) is 5.06. The third kappa shape index (κ3) is 4.30. The SMILES string of the molecule is COc1ccc2c(CC(=O)Oc3ccc4c(c3)CC[C@@H]3[C@@H]4CC[C@]4(C)[C@@H]5[C@H](C[C@@H]34)O[C@]3(CC[C@@H](C)CO3)[C@H]5C)c[nH]c2c1. The van der Waals surface area contributed by atoms with Crippen molar-refractivity contribution in [3.05, 3.63) is 59.3 Å². The van der Waals surface area contributed by atoms with Crippen LogP contribution >= 0.6 is 0 Å². The Balaban J connectivity index is 0.960. The van der Waals surface area contributed by atoms with E-state index in [0.29, 0.717) is 52.8 Å². The number of ether oxygens (including phenoxy) is 4. The summed E-state index contributed by atoms with van der Waals surface area (Å²) < 4.78 is 24.6. The highest BCUT2D eigenvalue weighted by molar-refractivity contribution is 5.88. The van der Waals surface area contributed by atoms with Crippen LogP contribution in [-0.2, 0) is 27.1 Å². The molecule has 3 aliphatic carbocycles. The molecule has 2 aromatic carbocycles. The fourth-order valence-corrected chi connectivity index (χ4v) is 10.4. The number of methoxy groups -OCH3 is 1. The summed E-state index contributed by atoms with van der Waals surface area (Å²) in [6, 6.07) is 12.3. The fraction of sp³-hybridized carbons (Fsp3) is 0.595. The molecular formula is C37H45NO5. The van der Waals surface area contributed by atoms with Gasteiger partial charge in [0.1, 0.15) is 11.5 Å². The first-order valence-corrected chi connectivity index (χ1v) is 16.6. The Morgan fingerprint density at radius 3 is 2.74 bits per heavy atom. The Morgan fingerprint density at radius 2 is 1.93 bits per heavy atom. The Hall–Kier alpha value is -2.83. The second-order valence-electron chi connectivity index (χ2n) is 14.7. The minimum Gasteiger partial charge on any atom is -0.497 e. The van der Waals surface area contributed by atoms with Gasteiger partial charge in [0, 0.05) is 35.5 Å². The molecule has 2 aliphatic heterocycles. The first-order chi connectivity index (χ1) is 20.8. The normalized spacial score (nSPS) is 37.9. The van der Waals surface area contributed by atoms with Gasteiger partial charge in [-0.25, -0.2) is 0 Å². The average Bonchev–Trinajstić information content (AvgIpc) is 3.63. The monoisotopic (exact) mass is 583 g/mol. The highest BCUT2D eigenvalue weighted by Gasteiger charge is 2.67. The largest absolute Gasteiger partial charge is 0.497 e. The number of aromatic nitrogens is 1. The van der Waals surface area contributed by atoms with E-state index in [2.05, 4.69) is 37.9 Å². The number of rotatable bonds is 4. The maximum absolute atomic E-state index is 13.0. The van der Waals surface area contributed by atoms with Gasteiger partial charge in [-0.1, -0.05) is 26.8 Å². The molecule has 3 aromatic rings. The van der Waals surface area contributed by atoms with E-state index in [1.54, 1.807) is 7.11 Å². The van der Waals surface area contributed by atoms with Crippen LogP contribution < -0.4 is 9.47 Å². The lowest BCUT2D eigenvalue weighted by Gasteiger charge is -2.52. The van der Waals surface area contributed by atoms with E-state index in [1.165, 1.54) is 43.2 Å². The molecule has 2 saturated heterocycles. The summed E-state index contributed by atoms with van der Waals surface area (Å²) in [5.74, 6) is 4.54. The first kappa shape index (κ1) is 27.7. The third-order valence-electron chi connectivity index (χ3n) is 12.5. The van der Waals surface area contributed by atoms with Crippen molar-refractivity contribution >= 4 is 16.9 Å². The lowest BCUT2D eigenvalue weighted by atomic mass is 9.53. The molecule has 3 heterocycles. The van der Waals surface area contributed by atoms with E-state index in [9.17, 15) is 4.79 Å². The van der Waals surface area contributed by atoms with Crippen LogP contribution in [0.4, 0.5) is 0 Å². The molecule has 4 fully saturated rings. The van der Waals surface area contributed by atoms with Crippen molar-refractivity contribution in [3.8, 4) is 11.5 Å². The molecule has 1 aromatic heterocycles. The number of carbonyl (C=O) groups excluding carboxylic acids is 1. The molecule has 6 nitrogen and oxygen atoms in total. The Morgan fingerprint density at radius 1 is 1.07 bits per heavy atom. The molecule has 43 heavy (non-hydrogen) atoms. The summed E-state index contributed by atoms with van der Waals surface area (Å²) in [4.78, 5) is 16.2. The van der Waals surface area contributed by atoms with Crippen LogP contribution in [0.1, 0.15) is 81.9 Å². The number of carbonyl (C=O) groups is 1. The second kappa shape index (κ2) is 10.1. The van der Waals surface area contributed by atoms with Crippen LogP contribution in [0, 0.1) is 35.0 Å². The standard InChI is InChI=1S/C37H45NO5/c1-21-11-14-37(41-20-21)22(2)35-33(43-37)18-31-30-8-5-23-15-26(7-9-27(23)29(30)12-13-36(31,35)3)42-34(39)16-24-19-38-32-17-25(40-4)6-10-28(24)32/h6-7,9-10,15,17,19,21-22,29-31,33,35,38H,5,8,11-14,16,18,20H2,1-4H3/t21-,22+,29-,30-,31+,33+,35+,36+,37-/m1/s1. The van der Waals surface area contributed by atoms with Crippen LogP contribution in [0.5, 0.6) is 11.5 Å². The molecule has 0 radical (unpaired) electrons. The van der Waals surface area contributed by atoms with Crippen molar-refractivity contribution in [2.45, 2.75) is 89.9 Å². The Bertz CT molecular complexity index is 1550. The van der Waals surface area contributed by atoms with Gasteiger partial charge in [-0.15, -0.1) is 0 Å². The van der Waals surface area contributed by atoms with Crippen LogP contribution in [0.15, 0.2) is 42.6 Å². The summed E-state index contributed by atoms with van der Waals surface area (Å²) in [5, 5.41) is 1.02. The van der Waals surface area contributed by atoms with E-state index in [0.717, 1.165) is 41.7 Å². The molecule has 8 rings (SSSR count). The number of aryl methyl sites for hydroxylation is 1. The quantitative estimate of drug-likeness (QED) is 0.253. The maximum atomic E-state index is 13.0. The summed E-state index contributed by atoms with van der Waals surface area (Å²) in [7, 11) is 1.66. The van der Waals surface area contributed by atoms with Crippen molar-refractivity contribution in [2.24, 2.45) is 35.0 Å². The predicted molar refractivity (Wildman–Crippen MR) is 165 cm³/mol. The molecule has 0 unspecified atom stereocenters. The number of nitrogens with one attached hydrogen (secondary N) is 1. The number of H-pyrrole nitrogens is 1. The lowest BCUT2D eigenvalue weighted by Crippen LogP contribution is -2.48. The maximum Gasteiger partial charge on any atom is 0.315 e. The van der Waals surface area contributed by atoms with Crippen molar-refractivity contribution in [1.82, 2.24) is 4.98 Å². The molecule has 9 atom stereocenters. The Labute approximate surface area is 254 Å². The highest BCUT2D eigenvalue weighted by atomic mass is 16.7. The van der Waals surface area contributed by atoms with Gasteiger partial charge >= 0.3 is 5.97 Å². The average molecular weight is 584 g/mol. The van der Waals surface area contributed by atoms with Gasteiger partial charge in [0.25, 0.3) is 0 Å². The Kier molecular flexibility index (Phi) is 6.51. The van der Waals surface area contributed by atoms with Gasteiger partial charge in [-0.2, -0.15) is 0 Å². The fourth-order valence-electron chi connectivity index (χ4n) is 10.4. The summed E-state index contributed by atoms with van der Waals surface area (Å²) in [6.45, 7) is 8.14. The van der Waals surface area contributed by atoms with Crippen LogP contribution in [0.25, 0.3) is 10.9 Å². The zero-order valence-electron chi connectivity index (χ0n) is 26.0. The van der Waals surface area contributed by atoms with E-state index in [1.807, 2.05) is 30.5 Å². The number of hydrogen-bond acceptors (Lipinski definition) is 5. The molecule has 228 valence electrons. The van der Waals surface area contributed by atoms with Gasteiger partial charge in [0.2, 0.25) is 0 Å². The van der Waals surface area contributed by atoms with E-state index < -0.39 is 0 Å². The van der Waals surface area contributed by atoms with Crippen LogP contribution in [0.2, 0.25) is 0 Å². The van der Waals surface area contributed by atoms with Crippen molar-refractivity contribution in [3.63, 3.8) is 0 Å². The van der Waals surface area contributed by atoms with Crippen molar-refractivity contribution in [1.29, 1.82) is 0 Å². The van der Waals surface area contributed by atoms with Gasteiger partial charge in [-0.05, 0) is 114 Å². The number of esters is 1. The zero-order chi connectivity index (χ0) is 29.5.